The second-order valence-electron chi connectivity index (χ2n) is 5.26. The number of aromatic nitrogens is 2. The largest absolute Gasteiger partial charge is 0.327 e. The number of amides is 1. The van der Waals surface area contributed by atoms with Crippen molar-refractivity contribution < 1.29 is 4.79 Å². The molecule has 3 rings (SSSR count). The van der Waals surface area contributed by atoms with E-state index in [1.165, 1.54) is 4.88 Å². The van der Waals surface area contributed by atoms with Crippen molar-refractivity contribution in [3.8, 4) is 0 Å². The summed E-state index contributed by atoms with van der Waals surface area (Å²) in [5.41, 5.74) is 7.98. The first kappa shape index (κ1) is 14.2. The van der Waals surface area contributed by atoms with Crippen LogP contribution in [0.2, 0.25) is 0 Å². The molecule has 1 aliphatic carbocycles. The Kier molecular flexibility index (Phi) is 4.26. The van der Waals surface area contributed by atoms with E-state index in [1.807, 2.05) is 18.2 Å². The molecule has 1 aliphatic rings. The Labute approximate surface area is 127 Å². The summed E-state index contributed by atoms with van der Waals surface area (Å²) < 4.78 is 0. The average molecular weight is 302 g/mol. The summed E-state index contributed by atoms with van der Waals surface area (Å²) in [6.07, 6.45) is 5.56. The zero-order chi connectivity index (χ0) is 14.7. The molecule has 2 aromatic heterocycles. The molecule has 2 heterocycles. The maximum absolute atomic E-state index is 12.0. The fourth-order valence-electron chi connectivity index (χ4n) is 2.42. The number of nitrogens with zero attached hydrogens (tertiary/aromatic N) is 2. The Hall–Kier alpha value is -1.79. The van der Waals surface area contributed by atoms with Gasteiger partial charge in [0.15, 0.2) is 5.13 Å². The van der Waals surface area contributed by atoms with Crippen molar-refractivity contribution >= 4 is 22.4 Å². The van der Waals surface area contributed by atoms with Crippen molar-refractivity contribution in [1.29, 1.82) is 0 Å². The number of carbonyl (C=O) groups is 1. The molecule has 0 bridgehead atoms. The van der Waals surface area contributed by atoms with Gasteiger partial charge in [0, 0.05) is 29.2 Å². The summed E-state index contributed by atoms with van der Waals surface area (Å²) in [6.45, 7) is 0. The number of hydrogen-bond donors (Lipinski definition) is 2. The van der Waals surface area contributed by atoms with Gasteiger partial charge in [0.1, 0.15) is 0 Å². The lowest BCUT2D eigenvalue weighted by molar-refractivity contribution is -0.116. The summed E-state index contributed by atoms with van der Waals surface area (Å²) in [6, 6.07) is 5.95. The molecule has 0 saturated carbocycles. The summed E-state index contributed by atoms with van der Waals surface area (Å²) in [4.78, 5) is 21.9. The number of nitrogens with two attached hydrogens (primary N) is 1. The number of carbonyl (C=O) groups excluding carboxylic acids is 1. The monoisotopic (exact) mass is 302 g/mol. The quantitative estimate of drug-likeness (QED) is 0.904. The van der Waals surface area contributed by atoms with Crippen LogP contribution in [0.4, 0.5) is 5.13 Å². The minimum Gasteiger partial charge on any atom is -0.327 e. The highest BCUT2D eigenvalue weighted by atomic mass is 32.1. The highest BCUT2D eigenvalue weighted by Crippen LogP contribution is 2.29. The molecule has 0 unspecified atom stereocenters. The van der Waals surface area contributed by atoms with E-state index in [2.05, 4.69) is 15.3 Å². The van der Waals surface area contributed by atoms with Crippen LogP contribution in [0.5, 0.6) is 0 Å². The minimum atomic E-state index is -0.0175. The van der Waals surface area contributed by atoms with Gasteiger partial charge in [-0.1, -0.05) is 6.07 Å². The molecule has 0 radical (unpaired) electrons. The lowest BCUT2D eigenvalue weighted by Crippen LogP contribution is -2.27. The molecule has 5 nitrogen and oxygen atoms in total. The fourth-order valence-corrected chi connectivity index (χ4v) is 3.54. The van der Waals surface area contributed by atoms with Gasteiger partial charge in [0.05, 0.1) is 5.69 Å². The van der Waals surface area contributed by atoms with E-state index in [0.29, 0.717) is 18.0 Å². The summed E-state index contributed by atoms with van der Waals surface area (Å²) in [7, 11) is 0. The second-order valence-corrected chi connectivity index (χ2v) is 6.34. The topological polar surface area (TPSA) is 80.9 Å². The van der Waals surface area contributed by atoms with Gasteiger partial charge in [-0.25, -0.2) is 4.98 Å². The number of rotatable bonds is 4. The van der Waals surface area contributed by atoms with Gasteiger partial charge in [0.2, 0.25) is 5.91 Å². The van der Waals surface area contributed by atoms with E-state index in [9.17, 15) is 4.79 Å². The maximum atomic E-state index is 12.0. The van der Waals surface area contributed by atoms with Crippen LogP contribution in [0.15, 0.2) is 24.4 Å². The standard InChI is InChI=1S/C15H18N4OS/c16-10-4-6-12-13(9-10)21-15(18-12)19-14(20)7-5-11-3-1-2-8-17-11/h1-3,8,10H,4-7,9,16H2,(H,18,19,20)/t10-/m0/s1. The van der Waals surface area contributed by atoms with E-state index in [0.717, 1.165) is 30.7 Å². The van der Waals surface area contributed by atoms with Crippen LogP contribution in [0.1, 0.15) is 29.1 Å². The van der Waals surface area contributed by atoms with Crippen LogP contribution in [-0.4, -0.2) is 21.9 Å². The Morgan fingerprint density at radius 1 is 1.48 bits per heavy atom. The van der Waals surface area contributed by atoms with Gasteiger partial charge in [-0.15, -0.1) is 11.3 Å². The van der Waals surface area contributed by atoms with Gasteiger partial charge in [-0.05, 0) is 37.8 Å². The van der Waals surface area contributed by atoms with E-state index < -0.39 is 0 Å². The molecule has 1 amide bonds. The van der Waals surface area contributed by atoms with Gasteiger partial charge in [0.25, 0.3) is 0 Å². The fraction of sp³-hybridized carbons (Fsp3) is 0.400. The number of aryl methyl sites for hydroxylation is 2. The molecule has 0 fully saturated rings. The molecular formula is C15H18N4OS. The predicted molar refractivity (Wildman–Crippen MR) is 83.3 cm³/mol. The van der Waals surface area contributed by atoms with Crippen LogP contribution in [0.3, 0.4) is 0 Å². The normalized spacial score (nSPS) is 17.3. The van der Waals surface area contributed by atoms with Crippen molar-refractivity contribution in [3.05, 3.63) is 40.7 Å². The third-order valence-electron chi connectivity index (χ3n) is 3.56. The van der Waals surface area contributed by atoms with Gasteiger partial charge < -0.3 is 11.1 Å². The number of pyridine rings is 1. The number of fused-ring (bicyclic) bond motifs is 1. The van der Waals surface area contributed by atoms with Gasteiger partial charge in [-0.3, -0.25) is 9.78 Å². The molecule has 2 aromatic rings. The van der Waals surface area contributed by atoms with Crippen LogP contribution in [-0.2, 0) is 24.1 Å². The van der Waals surface area contributed by atoms with E-state index in [4.69, 9.17) is 5.73 Å². The van der Waals surface area contributed by atoms with Crippen molar-refractivity contribution in [3.63, 3.8) is 0 Å². The molecule has 3 N–H and O–H groups in total. The molecule has 21 heavy (non-hydrogen) atoms. The first-order valence-corrected chi connectivity index (χ1v) is 7.96. The van der Waals surface area contributed by atoms with Crippen molar-refractivity contribution in [2.24, 2.45) is 5.73 Å². The van der Waals surface area contributed by atoms with Crippen LogP contribution < -0.4 is 11.1 Å². The second kappa shape index (κ2) is 6.32. The highest BCUT2D eigenvalue weighted by Gasteiger charge is 2.20. The molecule has 110 valence electrons. The average Bonchev–Trinajstić information content (AvgIpc) is 2.87. The van der Waals surface area contributed by atoms with E-state index in [-0.39, 0.29) is 11.9 Å². The Morgan fingerprint density at radius 2 is 2.38 bits per heavy atom. The SMILES string of the molecule is N[C@H]1CCc2nc(NC(=O)CCc3ccccn3)sc2C1. The minimum absolute atomic E-state index is 0.0175. The first-order chi connectivity index (χ1) is 10.2. The first-order valence-electron chi connectivity index (χ1n) is 7.14. The molecule has 0 aliphatic heterocycles. The number of anilines is 1. The highest BCUT2D eigenvalue weighted by molar-refractivity contribution is 7.15. The number of hydrogen-bond acceptors (Lipinski definition) is 5. The number of thiazole rings is 1. The number of nitrogens with one attached hydrogen (secondary N) is 1. The Bertz CT molecular complexity index is 626. The van der Waals surface area contributed by atoms with Crippen molar-refractivity contribution in [2.45, 2.75) is 38.1 Å². The zero-order valence-electron chi connectivity index (χ0n) is 11.7. The Balaban J connectivity index is 1.55. The summed E-state index contributed by atoms with van der Waals surface area (Å²) >= 11 is 1.55. The molecule has 0 aromatic carbocycles. The van der Waals surface area contributed by atoms with Crippen LogP contribution in [0.25, 0.3) is 0 Å². The summed E-state index contributed by atoms with van der Waals surface area (Å²) in [5, 5.41) is 3.58. The van der Waals surface area contributed by atoms with E-state index in [1.54, 1.807) is 17.5 Å². The van der Waals surface area contributed by atoms with Gasteiger partial charge >= 0.3 is 0 Å². The Morgan fingerprint density at radius 3 is 3.19 bits per heavy atom. The molecule has 0 spiro atoms. The van der Waals surface area contributed by atoms with Crippen LogP contribution in [0, 0.1) is 0 Å². The summed E-state index contributed by atoms with van der Waals surface area (Å²) in [5.74, 6) is -0.0175. The van der Waals surface area contributed by atoms with Crippen molar-refractivity contribution in [1.82, 2.24) is 9.97 Å². The molecule has 1 atom stereocenters. The van der Waals surface area contributed by atoms with Crippen LogP contribution >= 0.6 is 11.3 Å². The third kappa shape index (κ3) is 3.65. The van der Waals surface area contributed by atoms with E-state index >= 15 is 0 Å². The lowest BCUT2D eigenvalue weighted by atomic mass is 9.99. The van der Waals surface area contributed by atoms with Gasteiger partial charge in [-0.2, -0.15) is 0 Å². The smallest absolute Gasteiger partial charge is 0.226 e. The molecule has 6 heteroatoms. The van der Waals surface area contributed by atoms with Crippen molar-refractivity contribution in [2.75, 3.05) is 5.32 Å². The molecular weight excluding hydrogens is 284 g/mol. The maximum Gasteiger partial charge on any atom is 0.226 e. The third-order valence-corrected chi connectivity index (χ3v) is 4.59. The molecule has 0 saturated heterocycles. The predicted octanol–water partition coefficient (Wildman–Crippen LogP) is 1.93. The zero-order valence-corrected chi connectivity index (χ0v) is 12.5. The lowest BCUT2D eigenvalue weighted by Gasteiger charge is -2.15.